The molecule has 0 radical (unpaired) electrons. The summed E-state index contributed by atoms with van der Waals surface area (Å²) in [5.41, 5.74) is 2.17. The number of carbonyl (C=O) groups is 1. The number of aromatic amines is 1. The molecule has 1 amide bonds. The van der Waals surface area contributed by atoms with Crippen LogP contribution in [0.3, 0.4) is 0 Å². The maximum absolute atomic E-state index is 12.3. The molecule has 7 heteroatoms. The molecule has 3 rings (SSSR count). The van der Waals surface area contributed by atoms with Crippen molar-refractivity contribution >= 4 is 5.91 Å². The van der Waals surface area contributed by atoms with E-state index < -0.39 is 0 Å². The summed E-state index contributed by atoms with van der Waals surface area (Å²) in [4.78, 5) is 17.1. The maximum atomic E-state index is 12.3. The number of ether oxygens (including phenoxy) is 1. The van der Waals surface area contributed by atoms with Crippen molar-refractivity contribution in [2.24, 2.45) is 0 Å². The molecule has 1 aliphatic heterocycles. The van der Waals surface area contributed by atoms with Gasteiger partial charge >= 0.3 is 0 Å². The number of benzene rings is 1. The van der Waals surface area contributed by atoms with E-state index in [2.05, 4.69) is 32.4 Å². The van der Waals surface area contributed by atoms with Crippen molar-refractivity contribution in [1.82, 2.24) is 25.3 Å². The Morgan fingerprint density at radius 2 is 1.96 bits per heavy atom. The number of methoxy groups -OCH3 is 1. The van der Waals surface area contributed by atoms with Crippen molar-refractivity contribution < 1.29 is 9.53 Å². The molecule has 2 aromatic rings. The molecule has 0 bridgehead atoms. The second-order valence-electron chi connectivity index (χ2n) is 6.65. The van der Waals surface area contributed by atoms with E-state index in [1.807, 2.05) is 24.3 Å². The van der Waals surface area contributed by atoms with Gasteiger partial charge in [0.15, 0.2) is 0 Å². The Labute approximate surface area is 154 Å². The molecule has 1 aromatic heterocycles. The Morgan fingerprint density at radius 1 is 1.23 bits per heavy atom. The smallest absolute Gasteiger partial charge is 0.269 e. The molecule has 7 nitrogen and oxygen atoms in total. The third-order valence-corrected chi connectivity index (χ3v) is 4.74. The molecule has 2 N–H and O–H groups in total. The molecule has 0 aliphatic carbocycles. The van der Waals surface area contributed by atoms with Crippen LogP contribution in [-0.2, 0) is 0 Å². The largest absolute Gasteiger partial charge is 0.497 e. The number of aromatic nitrogens is 2. The molecule has 2 heterocycles. The summed E-state index contributed by atoms with van der Waals surface area (Å²) >= 11 is 0. The van der Waals surface area contributed by atoms with Gasteiger partial charge in [0, 0.05) is 38.3 Å². The topological polar surface area (TPSA) is 73.5 Å². The lowest BCUT2D eigenvalue weighted by molar-refractivity contribution is 0.0944. The summed E-state index contributed by atoms with van der Waals surface area (Å²) in [6, 6.07) is 9.38. The third-order valence-electron chi connectivity index (χ3n) is 4.74. The predicted molar refractivity (Wildman–Crippen MR) is 101 cm³/mol. The minimum absolute atomic E-state index is 0.115. The number of H-pyrrole nitrogens is 1. The zero-order chi connectivity index (χ0) is 18.4. The molecule has 0 unspecified atom stereocenters. The van der Waals surface area contributed by atoms with Crippen molar-refractivity contribution in [2.75, 3.05) is 53.4 Å². The molecule has 0 atom stereocenters. The number of hydrogen-bond donors (Lipinski definition) is 2. The predicted octanol–water partition coefficient (Wildman–Crippen LogP) is 1.45. The summed E-state index contributed by atoms with van der Waals surface area (Å²) in [6.45, 7) is 6.14. The van der Waals surface area contributed by atoms with Crippen molar-refractivity contribution in [1.29, 1.82) is 0 Å². The van der Waals surface area contributed by atoms with Crippen LogP contribution in [0.15, 0.2) is 30.3 Å². The van der Waals surface area contributed by atoms with Gasteiger partial charge in [-0.05, 0) is 50.3 Å². The first kappa shape index (κ1) is 18.4. The summed E-state index contributed by atoms with van der Waals surface area (Å²) in [6.07, 6.45) is 0.953. The molecular weight excluding hydrogens is 330 g/mol. The summed E-state index contributed by atoms with van der Waals surface area (Å²) in [5, 5.41) is 10.0. The number of carbonyl (C=O) groups excluding carboxylic acids is 1. The fourth-order valence-corrected chi connectivity index (χ4v) is 3.02. The van der Waals surface area contributed by atoms with E-state index in [9.17, 15) is 4.79 Å². The lowest BCUT2D eigenvalue weighted by atomic mass is 10.1. The molecule has 1 aromatic carbocycles. The average Bonchev–Trinajstić information content (AvgIpc) is 3.17. The number of amides is 1. The Balaban J connectivity index is 1.44. The van der Waals surface area contributed by atoms with Gasteiger partial charge < -0.3 is 19.9 Å². The van der Waals surface area contributed by atoms with E-state index >= 15 is 0 Å². The number of nitrogens with one attached hydrogen (secondary N) is 2. The SMILES string of the molecule is COc1ccc(-c2cc(C(=O)NCCCN3CCN(C)CC3)[nH]n2)cc1. The molecule has 0 saturated carbocycles. The van der Waals surface area contributed by atoms with Gasteiger partial charge in [0.25, 0.3) is 5.91 Å². The van der Waals surface area contributed by atoms with Crippen LogP contribution in [0.4, 0.5) is 0 Å². The van der Waals surface area contributed by atoms with E-state index in [0.29, 0.717) is 12.2 Å². The monoisotopic (exact) mass is 357 g/mol. The van der Waals surface area contributed by atoms with Gasteiger partial charge in [-0.2, -0.15) is 5.10 Å². The molecule has 0 spiro atoms. The Kier molecular flexibility index (Phi) is 6.25. The summed E-state index contributed by atoms with van der Waals surface area (Å²) < 4.78 is 5.15. The third kappa shape index (κ3) is 4.83. The first-order valence-electron chi connectivity index (χ1n) is 9.04. The van der Waals surface area contributed by atoms with Crippen molar-refractivity contribution in [2.45, 2.75) is 6.42 Å². The van der Waals surface area contributed by atoms with Gasteiger partial charge in [-0.25, -0.2) is 0 Å². The fraction of sp³-hybridized carbons (Fsp3) is 0.474. The molecule has 1 fully saturated rings. The van der Waals surface area contributed by atoms with Crippen molar-refractivity contribution in [3.8, 4) is 17.0 Å². The van der Waals surface area contributed by atoms with E-state index in [1.54, 1.807) is 13.2 Å². The molecule has 140 valence electrons. The highest BCUT2D eigenvalue weighted by Gasteiger charge is 2.14. The van der Waals surface area contributed by atoms with Gasteiger partial charge in [0.05, 0.1) is 12.8 Å². The zero-order valence-electron chi connectivity index (χ0n) is 15.5. The number of nitrogens with zero attached hydrogens (tertiary/aromatic N) is 3. The van der Waals surface area contributed by atoms with Crippen LogP contribution >= 0.6 is 0 Å². The number of piperazine rings is 1. The van der Waals surface area contributed by atoms with Gasteiger partial charge in [0.2, 0.25) is 0 Å². The zero-order valence-corrected chi connectivity index (χ0v) is 15.5. The second-order valence-corrected chi connectivity index (χ2v) is 6.65. The fourth-order valence-electron chi connectivity index (χ4n) is 3.02. The molecule has 1 saturated heterocycles. The van der Waals surface area contributed by atoms with Gasteiger partial charge in [0.1, 0.15) is 11.4 Å². The van der Waals surface area contributed by atoms with Crippen LogP contribution in [-0.4, -0.2) is 79.3 Å². The van der Waals surface area contributed by atoms with Crippen LogP contribution in [0, 0.1) is 0 Å². The Morgan fingerprint density at radius 3 is 2.65 bits per heavy atom. The first-order valence-corrected chi connectivity index (χ1v) is 9.04. The van der Waals surface area contributed by atoms with E-state index in [4.69, 9.17) is 4.74 Å². The molecular formula is C19H27N5O2. The lowest BCUT2D eigenvalue weighted by Gasteiger charge is -2.32. The highest BCUT2D eigenvalue weighted by atomic mass is 16.5. The van der Waals surface area contributed by atoms with Crippen LogP contribution in [0.1, 0.15) is 16.9 Å². The minimum atomic E-state index is -0.115. The van der Waals surface area contributed by atoms with Crippen molar-refractivity contribution in [3.63, 3.8) is 0 Å². The summed E-state index contributed by atoms with van der Waals surface area (Å²) in [7, 11) is 3.79. The number of hydrogen-bond acceptors (Lipinski definition) is 5. The highest BCUT2D eigenvalue weighted by molar-refractivity contribution is 5.93. The number of rotatable bonds is 7. The first-order chi connectivity index (χ1) is 12.7. The Bertz CT molecular complexity index is 705. The van der Waals surface area contributed by atoms with Gasteiger partial charge in [-0.1, -0.05) is 0 Å². The molecule has 26 heavy (non-hydrogen) atoms. The average molecular weight is 357 g/mol. The standard InChI is InChI=1S/C19H27N5O2/c1-23-10-12-24(13-11-23)9-3-8-20-19(25)18-14-17(21-22-18)15-4-6-16(26-2)7-5-15/h4-7,14H,3,8-13H2,1-2H3,(H,20,25)(H,21,22). The minimum Gasteiger partial charge on any atom is -0.497 e. The summed E-state index contributed by atoms with van der Waals surface area (Å²) in [5.74, 6) is 0.679. The quantitative estimate of drug-likeness (QED) is 0.734. The maximum Gasteiger partial charge on any atom is 0.269 e. The van der Waals surface area contributed by atoms with E-state index in [0.717, 1.165) is 56.2 Å². The number of likely N-dealkylation sites (N-methyl/N-ethyl adjacent to an activating group) is 1. The molecule has 1 aliphatic rings. The lowest BCUT2D eigenvalue weighted by Crippen LogP contribution is -2.45. The van der Waals surface area contributed by atoms with Crippen molar-refractivity contribution in [3.05, 3.63) is 36.0 Å². The second kappa shape index (κ2) is 8.82. The van der Waals surface area contributed by atoms with Gasteiger partial charge in [-0.15, -0.1) is 0 Å². The van der Waals surface area contributed by atoms with Crippen LogP contribution < -0.4 is 10.1 Å². The van der Waals surface area contributed by atoms with Crippen LogP contribution in [0.25, 0.3) is 11.3 Å². The Hall–Kier alpha value is -2.38. The van der Waals surface area contributed by atoms with E-state index in [1.165, 1.54) is 0 Å². The highest BCUT2D eigenvalue weighted by Crippen LogP contribution is 2.21. The normalized spacial score (nSPS) is 15.8. The van der Waals surface area contributed by atoms with Crippen LogP contribution in [0.5, 0.6) is 5.75 Å². The van der Waals surface area contributed by atoms with Crippen LogP contribution in [0.2, 0.25) is 0 Å². The van der Waals surface area contributed by atoms with Gasteiger partial charge in [-0.3, -0.25) is 9.89 Å². The van der Waals surface area contributed by atoms with E-state index in [-0.39, 0.29) is 5.91 Å².